The molecule has 0 aromatic rings. The van der Waals surface area contributed by atoms with Crippen molar-refractivity contribution in [1.82, 2.24) is 4.90 Å². The molecule has 19 heavy (non-hydrogen) atoms. The zero-order valence-electron chi connectivity index (χ0n) is 11.3. The van der Waals surface area contributed by atoms with E-state index in [0.717, 1.165) is 25.7 Å². The normalized spacial score (nSPS) is 32.8. The fraction of sp³-hybridized carbons (Fsp3) is 1.00. The smallest absolute Gasteiger partial charge is 0.391 e. The lowest BCUT2D eigenvalue weighted by molar-refractivity contribution is -0.187. The molecule has 1 aliphatic heterocycles. The van der Waals surface area contributed by atoms with Crippen LogP contribution in [0.2, 0.25) is 0 Å². The highest BCUT2D eigenvalue weighted by Gasteiger charge is 2.42. The first kappa shape index (κ1) is 15.1. The third-order valence-corrected chi connectivity index (χ3v) is 4.66. The molecule has 0 radical (unpaired) electrons. The predicted octanol–water partition coefficient (Wildman–Crippen LogP) is 3.34. The molecule has 2 atom stereocenters. The Morgan fingerprint density at radius 2 is 1.42 bits per heavy atom. The minimum absolute atomic E-state index is 0.0782. The van der Waals surface area contributed by atoms with E-state index in [1.54, 1.807) is 0 Å². The SMILES string of the molecule is OC1CCCCCCC1N1CCC(C(F)(F)F)CC1. The molecule has 1 saturated carbocycles. The third-order valence-electron chi connectivity index (χ3n) is 4.66. The van der Waals surface area contributed by atoms with Gasteiger partial charge in [0, 0.05) is 6.04 Å². The summed E-state index contributed by atoms with van der Waals surface area (Å²) < 4.78 is 37.9. The van der Waals surface area contributed by atoms with E-state index in [1.807, 2.05) is 0 Å². The van der Waals surface area contributed by atoms with Gasteiger partial charge in [-0.05, 0) is 38.8 Å². The van der Waals surface area contributed by atoms with Crippen LogP contribution >= 0.6 is 0 Å². The molecule has 2 fully saturated rings. The molecular formula is C14H24F3NO. The van der Waals surface area contributed by atoms with Crippen molar-refractivity contribution in [2.24, 2.45) is 5.92 Å². The second-order valence-corrected chi connectivity index (χ2v) is 5.98. The Morgan fingerprint density at radius 1 is 0.842 bits per heavy atom. The molecule has 2 unspecified atom stereocenters. The van der Waals surface area contributed by atoms with E-state index in [-0.39, 0.29) is 25.0 Å². The summed E-state index contributed by atoms with van der Waals surface area (Å²) in [4.78, 5) is 2.10. The number of rotatable bonds is 1. The van der Waals surface area contributed by atoms with E-state index in [4.69, 9.17) is 0 Å². The van der Waals surface area contributed by atoms with E-state index in [2.05, 4.69) is 4.90 Å². The molecule has 0 aromatic heterocycles. The number of aliphatic hydroxyl groups excluding tert-OH is 1. The fourth-order valence-electron chi connectivity index (χ4n) is 3.43. The van der Waals surface area contributed by atoms with Crippen LogP contribution in [0, 0.1) is 5.92 Å². The van der Waals surface area contributed by atoms with Crippen LogP contribution in [0.1, 0.15) is 51.4 Å². The van der Waals surface area contributed by atoms with Crippen molar-refractivity contribution in [2.45, 2.75) is 69.7 Å². The van der Waals surface area contributed by atoms with Crippen LogP contribution in [0.3, 0.4) is 0 Å². The summed E-state index contributed by atoms with van der Waals surface area (Å²) in [5.74, 6) is -1.14. The van der Waals surface area contributed by atoms with E-state index < -0.39 is 12.1 Å². The Bertz CT molecular complexity index is 274. The van der Waals surface area contributed by atoms with Crippen LogP contribution in [0.5, 0.6) is 0 Å². The van der Waals surface area contributed by atoms with E-state index in [1.165, 1.54) is 12.8 Å². The molecule has 1 N–H and O–H groups in total. The second-order valence-electron chi connectivity index (χ2n) is 5.98. The van der Waals surface area contributed by atoms with E-state index in [9.17, 15) is 18.3 Å². The molecule has 1 aliphatic carbocycles. The highest BCUT2D eigenvalue weighted by Crippen LogP contribution is 2.35. The Labute approximate surface area is 113 Å². The summed E-state index contributed by atoms with van der Waals surface area (Å²) in [6.07, 6.45) is 2.16. The quantitative estimate of drug-likeness (QED) is 0.795. The second kappa shape index (κ2) is 6.44. The summed E-state index contributed by atoms with van der Waals surface area (Å²) >= 11 is 0. The van der Waals surface area contributed by atoms with Crippen molar-refractivity contribution in [2.75, 3.05) is 13.1 Å². The molecule has 2 aliphatic rings. The van der Waals surface area contributed by atoms with Gasteiger partial charge in [-0.3, -0.25) is 4.90 Å². The van der Waals surface area contributed by atoms with Gasteiger partial charge in [-0.1, -0.05) is 25.7 Å². The standard InChI is InChI=1S/C14H24F3NO/c15-14(16,17)11-7-9-18(10-8-11)12-5-3-1-2-4-6-13(12)19/h11-13,19H,1-10H2. The van der Waals surface area contributed by atoms with Gasteiger partial charge < -0.3 is 5.11 Å². The molecule has 0 spiro atoms. The molecule has 0 aromatic carbocycles. The van der Waals surface area contributed by atoms with E-state index in [0.29, 0.717) is 13.1 Å². The van der Waals surface area contributed by atoms with Gasteiger partial charge in [0.25, 0.3) is 0 Å². The van der Waals surface area contributed by atoms with Gasteiger partial charge in [0.2, 0.25) is 0 Å². The highest BCUT2D eigenvalue weighted by atomic mass is 19.4. The summed E-state index contributed by atoms with van der Waals surface area (Å²) in [6, 6.07) is 0.0782. The van der Waals surface area contributed by atoms with Crippen molar-refractivity contribution < 1.29 is 18.3 Å². The van der Waals surface area contributed by atoms with Crippen LogP contribution < -0.4 is 0 Å². The van der Waals surface area contributed by atoms with Gasteiger partial charge >= 0.3 is 6.18 Å². The average molecular weight is 279 g/mol. The first-order valence-corrected chi connectivity index (χ1v) is 7.47. The van der Waals surface area contributed by atoms with Crippen molar-refractivity contribution in [3.05, 3.63) is 0 Å². The van der Waals surface area contributed by atoms with Gasteiger partial charge in [0.15, 0.2) is 0 Å². The van der Waals surface area contributed by atoms with Crippen molar-refractivity contribution in [3.63, 3.8) is 0 Å². The molecule has 0 amide bonds. The van der Waals surface area contributed by atoms with E-state index >= 15 is 0 Å². The van der Waals surface area contributed by atoms with Gasteiger partial charge in [0.05, 0.1) is 12.0 Å². The lowest BCUT2D eigenvalue weighted by Gasteiger charge is -2.40. The summed E-state index contributed by atoms with van der Waals surface area (Å²) in [6.45, 7) is 0.956. The molecule has 5 heteroatoms. The van der Waals surface area contributed by atoms with Crippen molar-refractivity contribution >= 4 is 0 Å². The maximum Gasteiger partial charge on any atom is 0.391 e. The molecule has 1 saturated heterocycles. The summed E-state index contributed by atoms with van der Waals surface area (Å²) in [5, 5.41) is 10.2. The Morgan fingerprint density at radius 3 is 2.00 bits per heavy atom. The molecular weight excluding hydrogens is 255 g/mol. The Kier molecular flexibility index (Phi) is 5.12. The van der Waals surface area contributed by atoms with Crippen molar-refractivity contribution in [1.29, 1.82) is 0 Å². The average Bonchev–Trinajstić information content (AvgIpc) is 2.34. The largest absolute Gasteiger partial charge is 0.391 e. The van der Waals surface area contributed by atoms with Crippen LogP contribution in [-0.2, 0) is 0 Å². The van der Waals surface area contributed by atoms with Crippen LogP contribution in [0.15, 0.2) is 0 Å². The van der Waals surface area contributed by atoms with Gasteiger partial charge in [0.1, 0.15) is 0 Å². The van der Waals surface area contributed by atoms with Crippen LogP contribution in [0.4, 0.5) is 13.2 Å². The number of hydrogen-bond acceptors (Lipinski definition) is 2. The van der Waals surface area contributed by atoms with Gasteiger partial charge in [-0.2, -0.15) is 13.2 Å². The first-order valence-electron chi connectivity index (χ1n) is 7.47. The predicted molar refractivity (Wildman–Crippen MR) is 67.8 cm³/mol. The maximum atomic E-state index is 12.6. The maximum absolute atomic E-state index is 12.6. The number of halogens is 3. The summed E-state index contributed by atoms with van der Waals surface area (Å²) in [7, 11) is 0. The third kappa shape index (κ3) is 4.09. The number of aliphatic hydroxyl groups is 1. The van der Waals surface area contributed by atoms with Crippen LogP contribution in [0.25, 0.3) is 0 Å². The zero-order valence-corrected chi connectivity index (χ0v) is 11.3. The van der Waals surface area contributed by atoms with Crippen LogP contribution in [-0.4, -0.2) is 41.4 Å². The lowest BCUT2D eigenvalue weighted by Crippen LogP contribution is -2.49. The lowest BCUT2D eigenvalue weighted by atomic mass is 9.89. The molecule has 2 rings (SSSR count). The summed E-state index contributed by atoms with van der Waals surface area (Å²) in [5.41, 5.74) is 0. The number of alkyl halides is 3. The van der Waals surface area contributed by atoms with Crippen molar-refractivity contribution in [3.8, 4) is 0 Å². The fourth-order valence-corrected chi connectivity index (χ4v) is 3.43. The monoisotopic (exact) mass is 279 g/mol. The van der Waals surface area contributed by atoms with Gasteiger partial charge in [-0.25, -0.2) is 0 Å². The Hall–Kier alpha value is -0.290. The molecule has 0 bridgehead atoms. The molecule has 112 valence electrons. The highest BCUT2D eigenvalue weighted by molar-refractivity contribution is 4.85. The number of likely N-dealkylation sites (tertiary alicyclic amines) is 1. The first-order chi connectivity index (χ1) is 8.98. The number of nitrogens with zero attached hydrogens (tertiary/aromatic N) is 1. The molecule has 1 heterocycles. The zero-order chi connectivity index (χ0) is 13.9. The Balaban J connectivity index is 1.88. The topological polar surface area (TPSA) is 23.5 Å². The number of hydrogen-bond donors (Lipinski definition) is 1. The molecule has 2 nitrogen and oxygen atoms in total. The van der Waals surface area contributed by atoms with Gasteiger partial charge in [-0.15, -0.1) is 0 Å². The minimum Gasteiger partial charge on any atom is -0.391 e. The number of piperidine rings is 1. The minimum atomic E-state index is -4.05.